The van der Waals surface area contributed by atoms with Crippen molar-refractivity contribution in [1.82, 2.24) is 4.98 Å². The number of carbonyl (C=O) groups is 1. The Kier molecular flexibility index (Phi) is 4.79. The van der Waals surface area contributed by atoms with E-state index in [2.05, 4.69) is 4.98 Å². The first-order valence-corrected chi connectivity index (χ1v) is 7.32. The maximum atomic E-state index is 11.4. The van der Waals surface area contributed by atoms with Crippen LogP contribution in [0.5, 0.6) is 0 Å². The van der Waals surface area contributed by atoms with Crippen molar-refractivity contribution in [2.75, 3.05) is 18.6 Å². The molecule has 0 amide bonds. The number of anilines is 1. The Morgan fingerprint density at radius 1 is 1.55 bits per heavy atom. The van der Waals surface area contributed by atoms with Gasteiger partial charge in [-0.05, 0) is 19.9 Å². The van der Waals surface area contributed by atoms with Crippen LogP contribution in [0, 0.1) is 6.92 Å². The molecule has 0 atom stereocenters. The van der Waals surface area contributed by atoms with Gasteiger partial charge in [0.25, 0.3) is 0 Å². The van der Waals surface area contributed by atoms with Crippen molar-refractivity contribution in [2.24, 2.45) is 0 Å². The Bertz CT molecular complexity index is 576. The number of rotatable bonds is 6. The van der Waals surface area contributed by atoms with E-state index in [0.717, 1.165) is 28.7 Å². The van der Waals surface area contributed by atoms with Gasteiger partial charge in [0.15, 0.2) is 5.13 Å². The highest BCUT2D eigenvalue weighted by molar-refractivity contribution is 7.13. The van der Waals surface area contributed by atoms with Gasteiger partial charge in [-0.15, -0.1) is 11.3 Å². The lowest BCUT2D eigenvalue weighted by molar-refractivity contribution is -0.142. The van der Waals surface area contributed by atoms with Crippen LogP contribution in [0.25, 0.3) is 0 Å². The summed E-state index contributed by atoms with van der Waals surface area (Å²) in [4.78, 5) is 17.9. The Labute approximate surface area is 122 Å². The second-order valence-electron chi connectivity index (χ2n) is 4.46. The highest BCUT2D eigenvalue weighted by atomic mass is 32.1. The monoisotopic (exact) mass is 294 g/mol. The maximum absolute atomic E-state index is 11.4. The quantitative estimate of drug-likeness (QED) is 0.767. The number of nitrogens with zero attached hydrogens (tertiary/aromatic N) is 2. The fraction of sp³-hybridized carbons (Fsp3) is 0.429. The first-order chi connectivity index (χ1) is 9.60. The second kappa shape index (κ2) is 6.56. The van der Waals surface area contributed by atoms with Crippen LogP contribution in [0.1, 0.15) is 23.9 Å². The molecule has 2 rings (SSSR count). The van der Waals surface area contributed by atoms with E-state index < -0.39 is 0 Å². The molecule has 6 heteroatoms. The average molecular weight is 294 g/mol. The number of furan rings is 1. The molecule has 0 radical (unpaired) electrons. The molecule has 0 aliphatic heterocycles. The number of aryl methyl sites for hydroxylation is 1. The molecule has 0 fully saturated rings. The molecule has 0 aromatic carbocycles. The summed E-state index contributed by atoms with van der Waals surface area (Å²) in [6, 6.07) is 1.96. The summed E-state index contributed by atoms with van der Waals surface area (Å²) >= 11 is 1.52. The van der Waals surface area contributed by atoms with Crippen molar-refractivity contribution < 1.29 is 13.9 Å². The van der Waals surface area contributed by atoms with E-state index >= 15 is 0 Å². The minimum absolute atomic E-state index is 0.225. The molecule has 0 saturated carbocycles. The van der Waals surface area contributed by atoms with Crippen LogP contribution in [-0.2, 0) is 22.5 Å². The van der Waals surface area contributed by atoms with E-state index in [0.29, 0.717) is 6.61 Å². The Hall–Kier alpha value is -1.82. The molecule has 2 heterocycles. The fourth-order valence-electron chi connectivity index (χ4n) is 1.81. The molecule has 0 N–H and O–H groups in total. The number of ether oxygens (including phenoxy) is 1. The number of esters is 1. The van der Waals surface area contributed by atoms with E-state index in [-0.39, 0.29) is 12.4 Å². The molecule has 2 aromatic rings. The normalized spacial score (nSPS) is 10.6. The third-order valence-corrected chi connectivity index (χ3v) is 3.87. The molecule has 0 bridgehead atoms. The smallest absolute Gasteiger partial charge is 0.311 e. The summed E-state index contributed by atoms with van der Waals surface area (Å²) in [6.45, 7) is 4.87. The third-order valence-electron chi connectivity index (χ3n) is 2.87. The lowest BCUT2D eigenvalue weighted by Gasteiger charge is -2.14. The number of hydrogen-bond donors (Lipinski definition) is 0. The SMILES string of the molecule is CCOC(=O)Cc1csc(N(C)Cc2ccoc2C)n1. The van der Waals surface area contributed by atoms with E-state index in [9.17, 15) is 4.79 Å². The van der Waals surface area contributed by atoms with Crippen molar-refractivity contribution >= 4 is 22.4 Å². The summed E-state index contributed by atoms with van der Waals surface area (Å²) in [6.07, 6.45) is 1.91. The Morgan fingerprint density at radius 2 is 2.35 bits per heavy atom. The lowest BCUT2D eigenvalue weighted by Crippen LogP contribution is -2.16. The summed E-state index contributed by atoms with van der Waals surface area (Å²) in [5, 5.41) is 2.77. The number of carbonyl (C=O) groups excluding carboxylic acids is 1. The molecule has 20 heavy (non-hydrogen) atoms. The van der Waals surface area contributed by atoms with Crippen LogP contribution in [0.15, 0.2) is 22.1 Å². The molecular formula is C14H18N2O3S. The molecule has 2 aromatic heterocycles. The van der Waals surface area contributed by atoms with E-state index in [1.54, 1.807) is 13.2 Å². The largest absolute Gasteiger partial charge is 0.469 e. The summed E-state index contributed by atoms with van der Waals surface area (Å²) < 4.78 is 10.2. The standard InChI is InChI=1S/C14H18N2O3S/c1-4-18-13(17)7-12-9-20-14(15-12)16(3)8-11-5-6-19-10(11)2/h5-6,9H,4,7-8H2,1-3H3. The van der Waals surface area contributed by atoms with Crippen LogP contribution in [0.3, 0.4) is 0 Å². The minimum atomic E-state index is -0.238. The van der Waals surface area contributed by atoms with Gasteiger partial charge in [0, 0.05) is 24.5 Å². The summed E-state index contributed by atoms with van der Waals surface area (Å²) in [5.74, 6) is 0.679. The number of aromatic nitrogens is 1. The van der Waals surface area contributed by atoms with E-state index in [1.807, 2.05) is 30.3 Å². The topological polar surface area (TPSA) is 55.6 Å². The second-order valence-corrected chi connectivity index (χ2v) is 5.30. The van der Waals surface area contributed by atoms with Gasteiger partial charge in [0.2, 0.25) is 0 Å². The highest BCUT2D eigenvalue weighted by Crippen LogP contribution is 2.22. The molecule has 5 nitrogen and oxygen atoms in total. The van der Waals surface area contributed by atoms with Crippen molar-refractivity contribution in [3.63, 3.8) is 0 Å². The van der Waals surface area contributed by atoms with Crippen molar-refractivity contribution in [3.05, 3.63) is 34.7 Å². The van der Waals surface area contributed by atoms with E-state index in [4.69, 9.17) is 9.15 Å². The van der Waals surface area contributed by atoms with Gasteiger partial charge < -0.3 is 14.1 Å². The molecule has 0 aliphatic rings. The third kappa shape index (κ3) is 3.60. The Morgan fingerprint density at radius 3 is 3.00 bits per heavy atom. The molecular weight excluding hydrogens is 276 g/mol. The Balaban J connectivity index is 1.97. The molecule has 0 aliphatic carbocycles. The zero-order valence-electron chi connectivity index (χ0n) is 11.9. The zero-order chi connectivity index (χ0) is 14.5. The van der Waals surface area contributed by atoms with Gasteiger partial charge in [-0.1, -0.05) is 0 Å². The van der Waals surface area contributed by atoms with Gasteiger partial charge in [-0.3, -0.25) is 4.79 Å². The number of hydrogen-bond acceptors (Lipinski definition) is 6. The highest BCUT2D eigenvalue weighted by Gasteiger charge is 2.12. The van der Waals surface area contributed by atoms with Crippen molar-refractivity contribution in [1.29, 1.82) is 0 Å². The van der Waals surface area contributed by atoms with Crippen molar-refractivity contribution in [3.8, 4) is 0 Å². The fourth-order valence-corrected chi connectivity index (χ4v) is 2.60. The van der Waals surface area contributed by atoms with Crippen LogP contribution in [-0.4, -0.2) is 24.6 Å². The van der Waals surface area contributed by atoms with Crippen LogP contribution in [0.4, 0.5) is 5.13 Å². The van der Waals surface area contributed by atoms with Gasteiger partial charge in [-0.2, -0.15) is 0 Å². The summed E-state index contributed by atoms with van der Waals surface area (Å²) in [7, 11) is 1.97. The molecule has 0 saturated heterocycles. The van der Waals surface area contributed by atoms with Crippen LogP contribution in [0.2, 0.25) is 0 Å². The van der Waals surface area contributed by atoms with Gasteiger partial charge in [-0.25, -0.2) is 4.98 Å². The first-order valence-electron chi connectivity index (χ1n) is 6.44. The predicted molar refractivity (Wildman–Crippen MR) is 78.0 cm³/mol. The van der Waals surface area contributed by atoms with Crippen LogP contribution >= 0.6 is 11.3 Å². The van der Waals surface area contributed by atoms with Crippen molar-refractivity contribution in [2.45, 2.75) is 26.8 Å². The van der Waals surface area contributed by atoms with Gasteiger partial charge in [0.05, 0.1) is 25.0 Å². The zero-order valence-corrected chi connectivity index (χ0v) is 12.7. The molecule has 108 valence electrons. The van der Waals surface area contributed by atoms with Gasteiger partial charge in [0.1, 0.15) is 5.76 Å². The molecule has 0 unspecified atom stereocenters. The van der Waals surface area contributed by atoms with Crippen LogP contribution < -0.4 is 4.90 Å². The predicted octanol–water partition coefficient (Wildman–Crippen LogP) is 2.79. The number of thiazole rings is 1. The van der Waals surface area contributed by atoms with E-state index in [1.165, 1.54) is 11.3 Å². The first kappa shape index (κ1) is 14.6. The summed E-state index contributed by atoms with van der Waals surface area (Å²) in [5.41, 5.74) is 1.88. The lowest BCUT2D eigenvalue weighted by atomic mass is 10.2. The maximum Gasteiger partial charge on any atom is 0.311 e. The molecule has 0 spiro atoms. The van der Waals surface area contributed by atoms with Gasteiger partial charge >= 0.3 is 5.97 Å². The minimum Gasteiger partial charge on any atom is -0.469 e. The average Bonchev–Trinajstić information content (AvgIpc) is 3.00.